The van der Waals surface area contributed by atoms with Crippen molar-refractivity contribution < 1.29 is 23.8 Å². The van der Waals surface area contributed by atoms with Crippen molar-refractivity contribution in [3.05, 3.63) is 48.0 Å². The Hall–Kier alpha value is -3.55. The van der Waals surface area contributed by atoms with E-state index in [0.717, 1.165) is 5.52 Å². The quantitative estimate of drug-likeness (QED) is 0.528. The van der Waals surface area contributed by atoms with Crippen LogP contribution in [0, 0.1) is 5.92 Å². The minimum atomic E-state index is -1.11. The van der Waals surface area contributed by atoms with E-state index in [-0.39, 0.29) is 6.61 Å². The van der Waals surface area contributed by atoms with Crippen LogP contribution >= 0.6 is 0 Å². The van der Waals surface area contributed by atoms with E-state index in [1.165, 1.54) is 14.2 Å². The van der Waals surface area contributed by atoms with Gasteiger partial charge in [-0.1, -0.05) is 24.3 Å². The van der Waals surface area contributed by atoms with Gasteiger partial charge >= 0.3 is 5.97 Å². The number of hydrogen-bond acceptors (Lipinski definition) is 6. The lowest BCUT2D eigenvalue weighted by molar-refractivity contribution is -0.152. The molecule has 2 aromatic carbocycles. The van der Waals surface area contributed by atoms with Crippen molar-refractivity contribution in [2.75, 3.05) is 26.1 Å². The third-order valence-corrected chi connectivity index (χ3v) is 5.00. The predicted octanol–water partition coefficient (Wildman–Crippen LogP) is 2.77. The second kappa shape index (κ2) is 7.46. The van der Waals surface area contributed by atoms with Crippen molar-refractivity contribution in [3.8, 4) is 11.5 Å². The second-order valence-electron chi connectivity index (χ2n) is 6.54. The molecule has 2 unspecified atom stereocenters. The van der Waals surface area contributed by atoms with Crippen LogP contribution < -0.4 is 14.8 Å². The lowest BCUT2D eigenvalue weighted by atomic mass is 9.89. The summed E-state index contributed by atoms with van der Waals surface area (Å²) in [4.78, 5) is 30.3. The number of esters is 1. The summed E-state index contributed by atoms with van der Waals surface area (Å²) in [6, 6.07) is 12.2. The number of fused-ring (bicyclic) bond motifs is 3. The fourth-order valence-electron chi connectivity index (χ4n) is 3.83. The topological polar surface area (TPSA) is 91.7 Å². The molecule has 1 aliphatic heterocycles. The predicted molar refractivity (Wildman–Crippen MR) is 106 cm³/mol. The lowest BCUT2D eigenvalue weighted by Gasteiger charge is -2.33. The molecule has 4 rings (SSSR count). The molecule has 0 saturated heterocycles. The summed E-state index contributed by atoms with van der Waals surface area (Å²) in [5, 5.41) is 2.74. The highest BCUT2D eigenvalue weighted by Gasteiger charge is 2.45. The molecule has 2 atom stereocenters. The van der Waals surface area contributed by atoms with Gasteiger partial charge in [-0.3, -0.25) is 14.9 Å². The zero-order valence-electron chi connectivity index (χ0n) is 16.3. The smallest absolute Gasteiger partial charge is 0.321 e. The Kier molecular flexibility index (Phi) is 4.84. The molecule has 1 aliphatic rings. The average molecular weight is 395 g/mol. The first-order chi connectivity index (χ1) is 14.1. The van der Waals surface area contributed by atoms with Crippen LogP contribution in [0.15, 0.2) is 42.5 Å². The number of benzene rings is 2. The van der Waals surface area contributed by atoms with Gasteiger partial charge in [-0.05, 0) is 25.1 Å². The Bertz CT molecular complexity index is 1090. The molecule has 0 saturated carbocycles. The Balaban J connectivity index is 2.02. The maximum atomic E-state index is 13.0. The molecular formula is C21H21N3O5. The summed E-state index contributed by atoms with van der Waals surface area (Å²) in [6.45, 7) is 1.87. The Morgan fingerprint density at radius 3 is 2.66 bits per heavy atom. The van der Waals surface area contributed by atoms with Crippen LogP contribution in [0.1, 0.15) is 18.5 Å². The summed E-state index contributed by atoms with van der Waals surface area (Å²) in [6.07, 6.45) is 0. The molecule has 1 aromatic heterocycles. The van der Waals surface area contributed by atoms with Crippen LogP contribution in [0.5, 0.6) is 11.5 Å². The molecule has 150 valence electrons. The third kappa shape index (κ3) is 2.97. The zero-order chi connectivity index (χ0) is 20.5. The Morgan fingerprint density at radius 2 is 1.93 bits per heavy atom. The number of para-hydroxylation sites is 3. The molecule has 3 aromatic rings. The van der Waals surface area contributed by atoms with E-state index in [1.807, 2.05) is 34.9 Å². The Morgan fingerprint density at radius 1 is 1.14 bits per heavy atom. The molecule has 0 aliphatic carbocycles. The van der Waals surface area contributed by atoms with E-state index in [2.05, 4.69) is 10.3 Å². The number of rotatable bonds is 5. The van der Waals surface area contributed by atoms with Crippen molar-refractivity contribution in [2.24, 2.45) is 5.92 Å². The van der Waals surface area contributed by atoms with Crippen LogP contribution in [-0.2, 0) is 14.3 Å². The largest absolute Gasteiger partial charge is 0.493 e. The number of ether oxygens (including phenoxy) is 3. The van der Waals surface area contributed by atoms with Gasteiger partial charge in [0, 0.05) is 5.56 Å². The molecule has 8 heteroatoms. The first-order valence-electron chi connectivity index (χ1n) is 9.26. The average Bonchev–Trinajstić information content (AvgIpc) is 3.09. The number of carbonyl (C=O) groups excluding carboxylic acids is 2. The fourth-order valence-corrected chi connectivity index (χ4v) is 3.83. The number of nitrogens with one attached hydrogen (secondary N) is 1. The van der Waals surface area contributed by atoms with Gasteiger partial charge in [0.15, 0.2) is 17.4 Å². The van der Waals surface area contributed by atoms with Crippen molar-refractivity contribution in [1.82, 2.24) is 9.55 Å². The van der Waals surface area contributed by atoms with Gasteiger partial charge in [0.25, 0.3) is 0 Å². The van der Waals surface area contributed by atoms with Gasteiger partial charge < -0.3 is 18.8 Å². The van der Waals surface area contributed by atoms with E-state index < -0.39 is 23.8 Å². The standard InChI is InChI=1S/C21H21N3O5/c1-4-29-20(26)16-17(12-8-7-11-15(27-2)18(12)28-3)24-14-10-6-5-9-13(14)22-21(24)23-19(16)25/h5-11,16-17H,4H2,1-3H3,(H,22,23,25). The molecule has 0 bridgehead atoms. The fraction of sp³-hybridized carbons (Fsp3) is 0.286. The van der Waals surface area contributed by atoms with Crippen molar-refractivity contribution in [1.29, 1.82) is 0 Å². The number of amides is 1. The first kappa shape index (κ1) is 18.8. The summed E-state index contributed by atoms with van der Waals surface area (Å²) in [5.74, 6) is -0.866. The number of hydrogen-bond donors (Lipinski definition) is 1. The van der Waals surface area contributed by atoms with E-state index in [1.54, 1.807) is 19.1 Å². The van der Waals surface area contributed by atoms with Gasteiger partial charge in [-0.2, -0.15) is 0 Å². The maximum Gasteiger partial charge on any atom is 0.321 e. The van der Waals surface area contributed by atoms with Crippen LogP contribution in [0.3, 0.4) is 0 Å². The maximum absolute atomic E-state index is 13.0. The zero-order valence-corrected chi connectivity index (χ0v) is 16.3. The van der Waals surface area contributed by atoms with E-state index in [9.17, 15) is 9.59 Å². The molecule has 29 heavy (non-hydrogen) atoms. The molecule has 0 radical (unpaired) electrons. The van der Waals surface area contributed by atoms with Crippen LogP contribution in [-0.4, -0.2) is 42.3 Å². The molecule has 8 nitrogen and oxygen atoms in total. The molecule has 1 N–H and O–H groups in total. The van der Waals surface area contributed by atoms with Gasteiger partial charge in [0.1, 0.15) is 0 Å². The monoisotopic (exact) mass is 395 g/mol. The summed E-state index contributed by atoms with van der Waals surface area (Å²) in [7, 11) is 3.06. The van der Waals surface area contributed by atoms with E-state index >= 15 is 0 Å². The van der Waals surface area contributed by atoms with Crippen molar-refractivity contribution >= 4 is 28.9 Å². The normalized spacial score (nSPS) is 18.1. The highest BCUT2D eigenvalue weighted by atomic mass is 16.5. The lowest BCUT2D eigenvalue weighted by Crippen LogP contribution is -2.43. The summed E-state index contributed by atoms with van der Waals surface area (Å²) < 4.78 is 18.1. The van der Waals surface area contributed by atoms with Crippen molar-refractivity contribution in [3.63, 3.8) is 0 Å². The number of carbonyl (C=O) groups is 2. The second-order valence-corrected chi connectivity index (χ2v) is 6.54. The van der Waals surface area contributed by atoms with E-state index in [0.29, 0.717) is 28.5 Å². The van der Waals surface area contributed by atoms with Gasteiger partial charge in [0.2, 0.25) is 11.9 Å². The van der Waals surface area contributed by atoms with Gasteiger partial charge in [-0.15, -0.1) is 0 Å². The van der Waals surface area contributed by atoms with Crippen LogP contribution in [0.2, 0.25) is 0 Å². The number of anilines is 1. The molecular weight excluding hydrogens is 374 g/mol. The van der Waals surface area contributed by atoms with Gasteiger partial charge in [-0.25, -0.2) is 4.98 Å². The summed E-state index contributed by atoms with van der Waals surface area (Å²) in [5.41, 5.74) is 2.12. The SMILES string of the molecule is CCOC(=O)C1C(=O)Nc2nc3ccccc3n2C1c1cccc(OC)c1OC. The molecule has 1 amide bonds. The number of nitrogens with zero attached hydrogens (tertiary/aromatic N) is 2. The minimum absolute atomic E-state index is 0.169. The van der Waals surface area contributed by atoms with Crippen LogP contribution in [0.4, 0.5) is 5.95 Å². The molecule has 2 heterocycles. The van der Waals surface area contributed by atoms with Crippen molar-refractivity contribution in [2.45, 2.75) is 13.0 Å². The number of aromatic nitrogens is 2. The Labute approximate surface area is 167 Å². The molecule has 0 fully saturated rings. The first-order valence-corrected chi connectivity index (χ1v) is 9.26. The highest BCUT2D eigenvalue weighted by Crippen LogP contribution is 2.44. The van der Waals surface area contributed by atoms with Gasteiger partial charge in [0.05, 0.1) is 37.9 Å². The van der Waals surface area contributed by atoms with E-state index in [4.69, 9.17) is 14.2 Å². The summed E-state index contributed by atoms with van der Waals surface area (Å²) >= 11 is 0. The minimum Gasteiger partial charge on any atom is -0.493 e. The third-order valence-electron chi connectivity index (χ3n) is 5.00. The molecule has 0 spiro atoms. The van der Waals surface area contributed by atoms with Crippen LogP contribution in [0.25, 0.3) is 11.0 Å². The number of imidazole rings is 1. The number of methoxy groups -OCH3 is 2. The highest BCUT2D eigenvalue weighted by molar-refractivity contribution is 6.07.